The van der Waals surface area contributed by atoms with Crippen molar-refractivity contribution in [3.05, 3.63) is 24.5 Å². The van der Waals surface area contributed by atoms with Gasteiger partial charge in [0.15, 0.2) is 0 Å². The SMILES string of the molecule is O=C(O)/C=C/[C@@H]1CCC=CO1. The zero-order valence-electron chi connectivity index (χ0n) is 6.06. The van der Waals surface area contributed by atoms with Crippen LogP contribution in [0.3, 0.4) is 0 Å². The highest BCUT2D eigenvalue weighted by Gasteiger charge is 2.06. The molecule has 0 aromatic heterocycles. The third kappa shape index (κ3) is 2.89. The average Bonchev–Trinajstić information content (AvgIpc) is 2.03. The van der Waals surface area contributed by atoms with Crippen LogP contribution in [-0.2, 0) is 9.53 Å². The molecule has 0 radical (unpaired) electrons. The van der Waals surface area contributed by atoms with Gasteiger partial charge in [-0.1, -0.05) is 0 Å². The van der Waals surface area contributed by atoms with Gasteiger partial charge in [-0.25, -0.2) is 4.79 Å². The largest absolute Gasteiger partial charge is 0.494 e. The number of aliphatic carboxylic acids is 1. The molecule has 0 aromatic carbocycles. The predicted molar refractivity (Wildman–Crippen MR) is 40.0 cm³/mol. The van der Waals surface area contributed by atoms with Crippen molar-refractivity contribution in [1.29, 1.82) is 0 Å². The average molecular weight is 154 g/mol. The van der Waals surface area contributed by atoms with Crippen molar-refractivity contribution < 1.29 is 14.6 Å². The molecular formula is C8H10O3. The summed E-state index contributed by atoms with van der Waals surface area (Å²) in [6, 6.07) is 0. The second-order valence-corrected chi connectivity index (χ2v) is 2.32. The summed E-state index contributed by atoms with van der Waals surface area (Å²) in [6.07, 6.45) is 7.96. The van der Waals surface area contributed by atoms with E-state index in [-0.39, 0.29) is 6.10 Å². The van der Waals surface area contributed by atoms with E-state index in [0.717, 1.165) is 18.9 Å². The van der Waals surface area contributed by atoms with Gasteiger partial charge in [-0.05, 0) is 25.0 Å². The van der Waals surface area contributed by atoms with Crippen molar-refractivity contribution in [2.75, 3.05) is 0 Å². The highest BCUT2D eigenvalue weighted by Crippen LogP contribution is 2.10. The van der Waals surface area contributed by atoms with Crippen LogP contribution < -0.4 is 0 Å². The fourth-order valence-electron chi connectivity index (χ4n) is 0.884. The van der Waals surface area contributed by atoms with Gasteiger partial charge in [-0.2, -0.15) is 0 Å². The van der Waals surface area contributed by atoms with Crippen molar-refractivity contribution in [1.82, 2.24) is 0 Å². The Morgan fingerprint density at radius 3 is 3.09 bits per heavy atom. The molecule has 0 saturated heterocycles. The Hall–Kier alpha value is -1.25. The summed E-state index contributed by atoms with van der Waals surface area (Å²) in [5.74, 6) is -0.928. The number of carboxylic acids is 1. The van der Waals surface area contributed by atoms with Gasteiger partial charge in [0, 0.05) is 6.08 Å². The molecule has 0 fully saturated rings. The van der Waals surface area contributed by atoms with E-state index in [1.165, 1.54) is 0 Å². The number of rotatable bonds is 2. The van der Waals surface area contributed by atoms with Crippen LogP contribution in [0.5, 0.6) is 0 Å². The van der Waals surface area contributed by atoms with Gasteiger partial charge >= 0.3 is 5.97 Å². The van der Waals surface area contributed by atoms with Gasteiger partial charge in [0.25, 0.3) is 0 Å². The molecular weight excluding hydrogens is 144 g/mol. The van der Waals surface area contributed by atoms with Crippen LogP contribution in [0.25, 0.3) is 0 Å². The Bertz CT molecular complexity index is 194. The first-order valence-corrected chi connectivity index (χ1v) is 3.50. The monoisotopic (exact) mass is 154 g/mol. The lowest BCUT2D eigenvalue weighted by Gasteiger charge is -2.14. The Morgan fingerprint density at radius 1 is 1.73 bits per heavy atom. The molecule has 3 heteroatoms. The first kappa shape index (κ1) is 7.85. The van der Waals surface area contributed by atoms with Crippen molar-refractivity contribution in [2.45, 2.75) is 18.9 Å². The Kier molecular flexibility index (Phi) is 2.72. The van der Waals surface area contributed by atoms with E-state index in [2.05, 4.69) is 0 Å². The molecule has 1 atom stereocenters. The van der Waals surface area contributed by atoms with Gasteiger partial charge in [0.2, 0.25) is 0 Å². The van der Waals surface area contributed by atoms with Crippen LogP contribution in [0.4, 0.5) is 0 Å². The molecule has 1 N–H and O–H groups in total. The summed E-state index contributed by atoms with van der Waals surface area (Å²) >= 11 is 0. The van der Waals surface area contributed by atoms with Crippen LogP contribution in [0.15, 0.2) is 24.5 Å². The normalized spacial score (nSPS) is 23.5. The van der Waals surface area contributed by atoms with E-state index >= 15 is 0 Å². The van der Waals surface area contributed by atoms with Gasteiger partial charge in [-0.15, -0.1) is 0 Å². The zero-order chi connectivity index (χ0) is 8.10. The minimum Gasteiger partial charge on any atom is -0.494 e. The van der Waals surface area contributed by atoms with E-state index < -0.39 is 5.97 Å². The lowest BCUT2D eigenvalue weighted by atomic mass is 10.1. The second kappa shape index (κ2) is 3.81. The molecule has 1 heterocycles. The summed E-state index contributed by atoms with van der Waals surface area (Å²) in [5, 5.41) is 8.28. The topological polar surface area (TPSA) is 46.5 Å². The van der Waals surface area contributed by atoms with Crippen molar-refractivity contribution >= 4 is 5.97 Å². The standard InChI is InChI=1S/C8H10O3/c9-8(10)5-4-7-3-1-2-6-11-7/h2,4-7H,1,3H2,(H,9,10)/b5-4+/t7-/m0/s1. The molecule has 1 rings (SSSR count). The van der Waals surface area contributed by atoms with Gasteiger partial charge in [-0.3, -0.25) is 0 Å². The maximum atomic E-state index is 10.1. The summed E-state index contributed by atoms with van der Waals surface area (Å²) in [5.41, 5.74) is 0. The van der Waals surface area contributed by atoms with E-state index in [9.17, 15) is 4.79 Å². The highest BCUT2D eigenvalue weighted by atomic mass is 16.5. The minimum absolute atomic E-state index is 0.0592. The maximum Gasteiger partial charge on any atom is 0.328 e. The lowest BCUT2D eigenvalue weighted by Crippen LogP contribution is -2.09. The van der Waals surface area contributed by atoms with Gasteiger partial charge < -0.3 is 9.84 Å². The summed E-state index contributed by atoms with van der Waals surface area (Å²) in [7, 11) is 0. The smallest absolute Gasteiger partial charge is 0.328 e. The number of carbonyl (C=O) groups is 1. The molecule has 1 aliphatic rings. The third-order valence-electron chi connectivity index (χ3n) is 1.42. The molecule has 0 amide bonds. The number of hydrogen-bond donors (Lipinski definition) is 1. The van der Waals surface area contributed by atoms with Crippen LogP contribution >= 0.6 is 0 Å². The molecule has 1 aliphatic heterocycles. The van der Waals surface area contributed by atoms with Gasteiger partial charge in [0.05, 0.1) is 6.26 Å². The van der Waals surface area contributed by atoms with Crippen molar-refractivity contribution in [3.63, 3.8) is 0 Å². The van der Waals surface area contributed by atoms with Crippen LogP contribution in [0.1, 0.15) is 12.8 Å². The molecule has 0 aromatic rings. The predicted octanol–water partition coefficient (Wildman–Crippen LogP) is 1.32. The number of allylic oxidation sites excluding steroid dienone is 1. The second-order valence-electron chi connectivity index (χ2n) is 2.32. The molecule has 0 bridgehead atoms. The first-order valence-electron chi connectivity index (χ1n) is 3.50. The Labute approximate surface area is 65.0 Å². The Balaban J connectivity index is 2.37. The third-order valence-corrected chi connectivity index (χ3v) is 1.42. The quantitative estimate of drug-likeness (QED) is 0.610. The zero-order valence-corrected chi connectivity index (χ0v) is 6.06. The van der Waals surface area contributed by atoms with E-state index in [0.29, 0.717) is 0 Å². The molecule has 0 spiro atoms. The first-order chi connectivity index (χ1) is 5.29. The highest BCUT2D eigenvalue weighted by molar-refractivity contribution is 5.79. The van der Waals surface area contributed by atoms with E-state index in [1.54, 1.807) is 12.3 Å². The van der Waals surface area contributed by atoms with Crippen LogP contribution in [-0.4, -0.2) is 17.2 Å². The molecule has 60 valence electrons. The number of hydrogen-bond acceptors (Lipinski definition) is 2. The molecule has 0 saturated carbocycles. The number of carboxylic acid groups (broad SMARTS) is 1. The van der Waals surface area contributed by atoms with E-state index in [1.807, 2.05) is 6.08 Å². The van der Waals surface area contributed by atoms with Crippen LogP contribution in [0.2, 0.25) is 0 Å². The number of ether oxygens (including phenoxy) is 1. The summed E-state index contributed by atoms with van der Waals surface area (Å²) in [4.78, 5) is 10.1. The van der Waals surface area contributed by atoms with Crippen molar-refractivity contribution in [3.8, 4) is 0 Å². The maximum absolute atomic E-state index is 10.1. The van der Waals surface area contributed by atoms with Crippen LogP contribution in [0, 0.1) is 0 Å². The molecule has 3 nitrogen and oxygen atoms in total. The minimum atomic E-state index is -0.928. The van der Waals surface area contributed by atoms with Gasteiger partial charge in [0.1, 0.15) is 6.10 Å². The van der Waals surface area contributed by atoms with E-state index in [4.69, 9.17) is 9.84 Å². The lowest BCUT2D eigenvalue weighted by molar-refractivity contribution is -0.131. The Morgan fingerprint density at radius 2 is 2.55 bits per heavy atom. The summed E-state index contributed by atoms with van der Waals surface area (Å²) < 4.78 is 5.10. The fraction of sp³-hybridized carbons (Fsp3) is 0.375. The fourth-order valence-corrected chi connectivity index (χ4v) is 0.884. The molecule has 11 heavy (non-hydrogen) atoms. The molecule has 0 unspecified atom stereocenters. The molecule has 0 aliphatic carbocycles. The summed E-state index contributed by atoms with van der Waals surface area (Å²) in [6.45, 7) is 0. The van der Waals surface area contributed by atoms with Crippen molar-refractivity contribution in [2.24, 2.45) is 0 Å².